The Bertz CT molecular complexity index is 397. The lowest BCUT2D eigenvalue weighted by Gasteiger charge is -2.15. The first-order valence-corrected chi connectivity index (χ1v) is 7.25. The minimum Gasteiger partial charge on any atom is -0.302 e. The Morgan fingerprint density at radius 1 is 1.29 bits per heavy atom. The SMILES string of the molecule is CC(C)n1c(CC2CCCCCC2)n[nH]c1=S. The van der Waals surface area contributed by atoms with E-state index in [1.165, 1.54) is 38.5 Å². The van der Waals surface area contributed by atoms with Gasteiger partial charge in [0.15, 0.2) is 4.77 Å². The molecule has 1 aliphatic carbocycles. The molecule has 1 aliphatic rings. The zero-order chi connectivity index (χ0) is 12.3. The first-order chi connectivity index (χ1) is 8.18. The van der Waals surface area contributed by atoms with E-state index in [0.717, 1.165) is 22.9 Å². The number of nitrogens with one attached hydrogen (secondary N) is 1. The monoisotopic (exact) mass is 253 g/mol. The van der Waals surface area contributed by atoms with E-state index in [1.54, 1.807) is 0 Å². The van der Waals surface area contributed by atoms with Gasteiger partial charge in [0.25, 0.3) is 0 Å². The zero-order valence-electron chi connectivity index (χ0n) is 10.9. The molecule has 1 fully saturated rings. The van der Waals surface area contributed by atoms with Crippen molar-refractivity contribution in [2.75, 3.05) is 0 Å². The van der Waals surface area contributed by atoms with E-state index in [2.05, 4.69) is 28.6 Å². The molecule has 17 heavy (non-hydrogen) atoms. The van der Waals surface area contributed by atoms with Crippen molar-refractivity contribution in [3.8, 4) is 0 Å². The maximum Gasteiger partial charge on any atom is 0.195 e. The fourth-order valence-electron chi connectivity index (χ4n) is 2.84. The van der Waals surface area contributed by atoms with Gasteiger partial charge in [-0.25, -0.2) is 0 Å². The summed E-state index contributed by atoms with van der Waals surface area (Å²) in [6.45, 7) is 4.34. The average molecular weight is 253 g/mol. The Kier molecular flexibility index (Phi) is 4.37. The van der Waals surface area contributed by atoms with E-state index < -0.39 is 0 Å². The van der Waals surface area contributed by atoms with Gasteiger partial charge >= 0.3 is 0 Å². The van der Waals surface area contributed by atoms with Gasteiger partial charge in [-0.1, -0.05) is 38.5 Å². The summed E-state index contributed by atoms with van der Waals surface area (Å²) < 4.78 is 2.93. The number of hydrogen-bond acceptors (Lipinski definition) is 2. The van der Waals surface area contributed by atoms with Crippen LogP contribution in [0.25, 0.3) is 0 Å². The molecule has 0 radical (unpaired) electrons. The van der Waals surface area contributed by atoms with Crippen LogP contribution >= 0.6 is 12.2 Å². The van der Waals surface area contributed by atoms with Gasteiger partial charge in [0, 0.05) is 12.5 Å². The van der Waals surface area contributed by atoms with E-state index in [-0.39, 0.29) is 0 Å². The number of aromatic nitrogens is 3. The molecule has 2 rings (SSSR count). The van der Waals surface area contributed by atoms with Gasteiger partial charge < -0.3 is 4.57 Å². The third kappa shape index (κ3) is 3.18. The lowest BCUT2D eigenvalue weighted by atomic mass is 9.96. The van der Waals surface area contributed by atoms with Crippen molar-refractivity contribution in [1.82, 2.24) is 14.8 Å². The Morgan fingerprint density at radius 3 is 2.53 bits per heavy atom. The molecule has 0 spiro atoms. The molecule has 0 saturated heterocycles. The van der Waals surface area contributed by atoms with Crippen molar-refractivity contribution < 1.29 is 0 Å². The second-order valence-corrected chi connectivity index (χ2v) is 5.86. The van der Waals surface area contributed by atoms with Crippen LogP contribution in [0.2, 0.25) is 0 Å². The van der Waals surface area contributed by atoms with E-state index in [0.29, 0.717) is 6.04 Å². The van der Waals surface area contributed by atoms with Crippen molar-refractivity contribution in [2.45, 2.75) is 64.8 Å². The lowest BCUT2D eigenvalue weighted by Crippen LogP contribution is -2.12. The lowest BCUT2D eigenvalue weighted by molar-refractivity contribution is 0.429. The van der Waals surface area contributed by atoms with Crippen LogP contribution in [0.5, 0.6) is 0 Å². The van der Waals surface area contributed by atoms with Crippen LogP contribution in [0.4, 0.5) is 0 Å². The molecule has 0 unspecified atom stereocenters. The third-order valence-corrected chi connectivity index (χ3v) is 4.03. The Labute approximate surface area is 109 Å². The number of rotatable bonds is 3. The molecule has 1 aromatic rings. The molecule has 1 aromatic heterocycles. The van der Waals surface area contributed by atoms with Crippen LogP contribution in [0, 0.1) is 10.7 Å². The summed E-state index contributed by atoms with van der Waals surface area (Å²) in [5.74, 6) is 1.96. The van der Waals surface area contributed by atoms with E-state index >= 15 is 0 Å². The Morgan fingerprint density at radius 2 is 1.94 bits per heavy atom. The van der Waals surface area contributed by atoms with E-state index in [1.807, 2.05) is 0 Å². The molecule has 1 heterocycles. The van der Waals surface area contributed by atoms with Crippen LogP contribution in [0.15, 0.2) is 0 Å². The molecule has 0 aromatic carbocycles. The summed E-state index contributed by atoms with van der Waals surface area (Å²) in [7, 11) is 0. The summed E-state index contributed by atoms with van der Waals surface area (Å²) in [5.41, 5.74) is 0. The molecule has 0 aliphatic heterocycles. The van der Waals surface area contributed by atoms with Gasteiger partial charge in [0.1, 0.15) is 5.82 Å². The van der Waals surface area contributed by atoms with Gasteiger partial charge in [-0.15, -0.1) is 0 Å². The van der Waals surface area contributed by atoms with Gasteiger partial charge in [-0.2, -0.15) is 5.10 Å². The molecule has 1 saturated carbocycles. The number of H-pyrrole nitrogens is 1. The minimum atomic E-state index is 0.405. The Balaban J connectivity index is 2.09. The summed E-state index contributed by atoms with van der Waals surface area (Å²) in [5, 5.41) is 7.35. The number of hydrogen-bond donors (Lipinski definition) is 1. The summed E-state index contributed by atoms with van der Waals surface area (Å²) in [6, 6.07) is 0.405. The van der Waals surface area contributed by atoms with E-state index in [4.69, 9.17) is 12.2 Å². The van der Waals surface area contributed by atoms with E-state index in [9.17, 15) is 0 Å². The molecule has 0 amide bonds. The van der Waals surface area contributed by atoms with Crippen molar-refractivity contribution in [3.05, 3.63) is 10.6 Å². The van der Waals surface area contributed by atoms with Crippen molar-refractivity contribution in [2.24, 2.45) is 5.92 Å². The molecule has 0 bridgehead atoms. The molecule has 3 nitrogen and oxygen atoms in total. The normalized spacial score (nSPS) is 18.5. The average Bonchev–Trinajstić information content (AvgIpc) is 2.51. The molecule has 96 valence electrons. The van der Waals surface area contributed by atoms with Gasteiger partial charge in [-0.3, -0.25) is 5.10 Å². The van der Waals surface area contributed by atoms with Crippen molar-refractivity contribution in [1.29, 1.82) is 0 Å². The molecule has 0 atom stereocenters. The summed E-state index contributed by atoms with van der Waals surface area (Å²) in [6.07, 6.45) is 9.40. The highest BCUT2D eigenvalue weighted by molar-refractivity contribution is 7.71. The number of nitrogens with zero attached hydrogens (tertiary/aromatic N) is 2. The maximum atomic E-state index is 5.29. The summed E-state index contributed by atoms with van der Waals surface area (Å²) >= 11 is 5.29. The fraction of sp³-hybridized carbons (Fsp3) is 0.846. The minimum absolute atomic E-state index is 0.405. The smallest absolute Gasteiger partial charge is 0.195 e. The molecular formula is C13H23N3S. The first kappa shape index (κ1) is 12.8. The fourth-order valence-corrected chi connectivity index (χ4v) is 3.20. The quantitative estimate of drug-likeness (QED) is 0.651. The largest absolute Gasteiger partial charge is 0.302 e. The van der Waals surface area contributed by atoms with Gasteiger partial charge in [0.2, 0.25) is 0 Å². The first-order valence-electron chi connectivity index (χ1n) is 6.84. The standard InChI is InChI=1S/C13H23N3S/c1-10(2)16-12(14-15-13(16)17)9-11-7-5-3-4-6-8-11/h10-11H,3-9H2,1-2H3,(H,15,17). The number of aromatic amines is 1. The highest BCUT2D eigenvalue weighted by Crippen LogP contribution is 2.26. The van der Waals surface area contributed by atoms with Crippen LogP contribution in [-0.4, -0.2) is 14.8 Å². The maximum absolute atomic E-state index is 5.29. The second kappa shape index (κ2) is 5.80. The second-order valence-electron chi connectivity index (χ2n) is 5.47. The highest BCUT2D eigenvalue weighted by atomic mass is 32.1. The van der Waals surface area contributed by atoms with Gasteiger partial charge in [0.05, 0.1) is 0 Å². The molecular weight excluding hydrogens is 230 g/mol. The predicted molar refractivity (Wildman–Crippen MR) is 72.7 cm³/mol. The summed E-state index contributed by atoms with van der Waals surface area (Å²) in [4.78, 5) is 0. The van der Waals surface area contributed by atoms with Crippen LogP contribution in [0.3, 0.4) is 0 Å². The van der Waals surface area contributed by atoms with Crippen LogP contribution in [-0.2, 0) is 6.42 Å². The third-order valence-electron chi connectivity index (χ3n) is 3.74. The highest BCUT2D eigenvalue weighted by Gasteiger charge is 2.17. The predicted octanol–water partition coefficient (Wildman–Crippen LogP) is 4.03. The van der Waals surface area contributed by atoms with Crippen molar-refractivity contribution >= 4 is 12.2 Å². The molecule has 4 heteroatoms. The van der Waals surface area contributed by atoms with Crippen LogP contribution < -0.4 is 0 Å². The topological polar surface area (TPSA) is 33.6 Å². The van der Waals surface area contributed by atoms with Crippen molar-refractivity contribution in [3.63, 3.8) is 0 Å². The zero-order valence-corrected chi connectivity index (χ0v) is 11.7. The Hall–Kier alpha value is -0.640. The van der Waals surface area contributed by atoms with Gasteiger partial charge in [-0.05, 0) is 32.0 Å². The molecule has 1 N–H and O–H groups in total. The van der Waals surface area contributed by atoms with Crippen LogP contribution in [0.1, 0.15) is 64.2 Å².